The fourth-order valence-electron chi connectivity index (χ4n) is 5.50. The van der Waals surface area contributed by atoms with Crippen LogP contribution in [0.15, 0.2) is 42.5 Å². The maximum atomic E-state index is 13.1. The smallest absolute Gasteiger partial charge is 0.254 e. The van der Waals surface area contributed by atoms with E-state index in [1.54, 1.807) is 0 Å². The van der Waals surface area contributed by atoms with Crippen molar-refractivity contribution in [1.82, 2.24) is 9.80 Å². The predicted octanol–water partition coefficient (Wildman–Crippen LogP) is 3.79. The number of benzene rings is 2. The standard InChI is InChI=1S/C22H26N2O/c25-22(20-7-3-5-17-4-1-2-6-19(17)20)24-12-10-23(11-13-24)21-15-16-8-9-18(21)14-16/h1-7,16,18,21H,8-15H2. The zero-order valence-electron chi connectivity index (χ0n) is 14.7. The Labute approximate surface area is 149 Å². The molecular formula is C22H26N2O. The van der Waals surface area contributed by atoms with Crippen molar-refractivity contribution < 1.29 is 4.79 Å². The Morgan fingerprint density at radius 2 is 1.68 bits per heavy atom. The molecule has 2 aromatic carbocycles. The molecule has 0 spiro atoms. The third-order valence-electron chi connectivity index (χ3n) is 6.79. The maximum absolute atomic E-state index is 13.1. The molecule has 2 bridgehead atoms. The molecule has 0 aromatic heterocycles. The third kappa shape index (κ3) is 2.65. The van der Waals surface area contributed by atoms with Crippen molar-refractivity contribution in [2.24, 2.45) is 11.8 Å². The maximum Gasteiger partial charge on any atom is 0.254 e. The monoisotopic (exact) mass is 334 g/mol. The number of rotatable bonds is 2. The summed E-state index contributed by atoms with van der Waals surface area (Å²) in [4.78, 5) is 17.8. The number of nitrogens with zero attached hydrogens (tertiary/aromatic N) is 2. The van der Waals surface area contributed by atoms with Crippen LogP contribution in [0.1, 0.15) is 36.0 Å². The van der Waals surface area contributed by atoms with Crippen molar-refractivity contribution in [2.75, 3.05) is 26.2 Å². The molecule has 3 heteroatoms. The summed E-state index contributed by atoms with van der Waals surface area (Å²) in [6.45, 7) is 3.83. The van der Waals surface area contributed by atoms with E-state index in [0.29, 0.717) is 0 Å². The van der Waals surface area contributed by atoms with Crippen LogP contribution in [-0.2, 0) is 0 Å². The molecule has 3 aliphatic rings. The molecular weight excluding hydrogens is 308 g/mol. The molecule has 1 amide bonds. The lowest BCUT2D eigenvalue weighted by molar-refractivity contribution is 0.0497. The highest BCUT2D eigenvalue weighted by Crippen LogP contribution is 2.46. The van der Waals surface area contributed by atoms with Gasteiger partial charge in [-0.15, -0.1) is 0 Å². The molecule has 1 saturated heterocycles. The van der Waals surface area contributed by atoms with Gasteiger partial charge in [-0.05, 0) is 47.9 Å². The minimum Gasteiger partial charge on any atom is -0.336 e. The molecule has 2 aromatic rings. The van der Waals surface area contributed by atoms with E-state index in [1.165, 1.54) is 25.7 Å². The molecule has 3 unspecified atom stereocenters. The minimum absolute atomic E-state index is 0.199. The lowest BCUT2D eigenvalue weighted by atomic mass is 9.93. The number of carbonyl (C=O) groups is 1. The molecule has 1 heterocycles. The van der Waals surface area contributed by atoms with E-state index in [0.717, 1.165) is 60.4 Å². The number of hydrogen-bond donors (Lipinski definition) is 0. The molecule has 0 N–H and O–H groups in total. The van der Waals surface area contributed by atoms with Gasteiger partial charge >= 0.3 is 0 Å². The molecule has 130 valence electrons. The second kappa shape index (κ2) is 6.14. The van der Waals surface area contributed by atoms with Crippen molar-refractivity contribution in [1.29, 1.82) is 0 Å². The summed E-state index contributed by atoms with van der Waals surface area (Å²) < 4.78 is 0. The second-order valence-corrected chi connectivity index (χ2v) is 8.10. The number of carbonyl (C=O) groups excluding carboxylic acids is 1. The topological polar surface area (TPSA) is 23.6 Å². The third-order valence-corrected chi connectivity index (χ3v) is 6.79. The van der Waals surface area contributed by atoms with Crippen LogP contribution in [0, 0.1) is 11.8 Å². The van der Waals surface area contributed by atoms with Crippen molar-refractivity contribution in [2.45, 2.75) is 31.7 Å². The molecule has 3 atom stereocenters. The van der Waals surface area contributed by atoms with E-state index >= 15 is 0 Å². The summed E-state index contributed by atoms with van der Waals surface area (Å²) in [6.07, 6.45) is 5.76. The Bertz CT molecular complexity index is 788. The van der Waals surface area contributed by atoms with E-state index in [4.69, 9.17) is 0 Å². The summed E-state index contributed by atoms with van der Waals surface area (Å²) in [6, 6.07) is 15.1. The van der Waals surface area contributed by atoms with Gasteiger partial charge < -0.3 is 4.90 Å². The Hall–Kier alpha value is -1.87. The Morgan fingerprint density at radius 3 is 2.44 bits per heavy atom. The lowest BCUT2D eigenvalue weighted by Gasteiger charge is -2.41. The van der Waals surface area contributed by atoms with Gasteiger partial charge in [-0.25, -0.2) is 0 Å². The molecule has 0 radical (unpaired) electrons. The van der Waals surface area contributed by atoms with Crippen LogP contribution in [-0.4, -0.2) is 47.9 Å². The van der Waals surface area contributed by atoms with Crippen molar-refractivity contribution >= 4 is 16.7 Å². The van der Waals surface area contributed by atoms with Crippen LogP contribution in [0.4, 0.5) is 0 Å². The van der Waals surface area contributed by atoms with Gasteiger partial charge in [-0.1, -0.05) is 42.8 Å². The highest BCUT2D eigenvalue weighted by molar-refractivity contribution is 6.07. The summed E-state index contributed by atoms with van der Waals surface area (Å²) in [5.74, 6) is 2.13. The van der Waals surface area contributed by atoms with Gasteiger partial charge in [-0.3, -0.25) is 9.69 Å². The van der Waals surface area contributed by atoms with Crippen LogP contribution < -0.4 is 0 Å². The minimum atomic E-state index is 0.199. The fraction of sp³-hybridized carbons (Fsp3) is 0.500. The zero-order chi connectivity index (χ0) is 16.8. The Morgan fingerprint density at radius 1 is 0.880 bits per heavy atom. The van der Waals surface area contributed by atoms with Gasteiger partial charge in [0.2, 0.25) is 0 Å². The van der Waals surface area contributed by atoms with E-state index < -0.39 is 0 Å². The van der Waals surface area contributed by atoms with Crippen LogP contribution in [0.5, 0.6) is 0 Å². The van der Waals surface area contributed by atoms with Gasteiger partial charge in [-0.2, -0.15) is 0 Å². The lowest BCUT2D eigenvalue weighted by Crippen LogP contribution is -2.53. The first kappa shape index (κ1) is 15.4. The molecule has 3 nitrogen and oxygen atoms in total. The summed E-state index contributed by atoms with van der Waals surface area (Å²) >= 11 is 0. The first-order chi connectivity index (χ1) is 12.3. The van der Waals surface area contributed by atoms with Gasteiger partial charge in [0.05, 0.1) is 0 Å². The summed E-state index contributed by atoms with van der Waals surface area (Å²) in [5, 5.41) is 2.22. The number of fused-ring (bicyclic) bond motifs is 3. The quantitative estimate of drug-likeness (QED) is 0.834. The van der Waals surface area contributed by atoms with Gasteiger partial charge in [0, 0.05) is 37.8 Å². The molecule has 2 aliphatic carbocycles. The fourth-order valence-corrected chi connectivity index (χ4v) is 5.50. The van der Waals surface area contributed by atoms with E-state index in [2.05, 4.69) is 28.0 Å². The van der Waals surface area contributed by atoms with Crippen LogP contribution in [0.25, 0.3) is 10.8 Å². The highest BCUT2D eigenvalue weighted by Gasteiger charge is 2.43. The van der Waals surface area contributed by atoms with Crippen molar-refractivity contribution in [3.05, 3.63) is 48.0 Å². The van der Waals surface area contributed by atoms with E-state index in [-0.39, 0.29) is 5.91 Å². The highest BCUT2D eigenvalue weighted by atomic mass is 16.2. The van der Waals surface area contributed by atoms with Crippen molar-refractivity contribution in [3.8, 4) is 0 Å². The number of hydrogen-bond acceptors (Lipinski definition) is 2. The van der Waals surface area contributed by atoms with E-state index in [1.807, 2.05) is 24.3 Å². The normalized spacial score (nSPS) is 29.4. The van der Waals surface area contributed by atoms with Crippen LogP contribution >= 0.6 is 0 Å². The van der Waals surface area contributed by atoms with Gasteiger partial charge in [0.1, 0.15) is 0 Å². The molecule has 1 aliphatic heterocycles. The number of amides is 1. The first-order valence-electron chi connectivity index (χ1n) is 9.81. The largest absolute Gasteiger partial charge is 0.336 e. The van der Waals surface area contributed by atoms with Crippen molar-refractivity contribution in [3.63, 3.8) is 0 Å². The SMILES string of the molecule is O=C(c1cccc2ccccc12)N1CCN(C2CC3CCC2C3)CC1. The molecule has 2 saturated carbocycles. The summed E-state index contributed by atoms with van der Waals surface area (Å²) in [7, 11) is 0. The van der Waals surface area contributed by atoms with Crippen LogP contribution in [0.3, 0.4) is 0 Å². The Kier molecular flexibility index (Phi) is 3.78. The summed E-state index contributed by atoms with van der Waals surface area (Å²) in [5.41, 5.74) is 0.853. The zero-order valence-corrected chi connectivity index (χ0v) is 14.7. The van der Waals surface area contributed by atoms with E-state index in [9.17, 15) is 4.79 Å². The van der Waals surface area contributed by atoms with Crippen LogP contribution in [0.2, 0.25) is 0 Å². The molecule has 5 rings (SSSR count). The van der Waals surface area contributed by atoms with Gasteiger partial charge in [0.25, 0.3) is 5.91 Å². The number of piperazine rings is 1. The predicted molar refractivity (Wildman–Crippen MR) is 101 cm³/mol. The second-order valence-electron chi connectivity index (χ2n) is 8.10. The first-order valence-corrected chi connectivity index (χ1v) is 9.81. The Balaban J connectivity index is 1.29. The molecule has 3 fully saturated rings. The molecule has 25 heavy (non-hydrogen) atoms. The average Bonchev–Trinajstić information content (AvgIpc) is 3.31. The average molecular weight is 334 g/mol. The van der Waals surface area contributed by atoms with Gasteiger partial charge in [0.15, 0.2) is 0 Å².